The van der Waals surface area contributed by atoms with Gasteiger partial charge in [0.15, 0.2) is 11.6 Å². The van der Waals surface area contributed by atoms with E-state index in [9.17, 15) is 14.0 Å². The molecule has 1 atom stereocenters. The van der Waals surface area contributed by atoms with Crippen molar-refractivity contribution < 1.29 is 13.9 Å². The maximum absolute atomic E-state index is 13.8. The monoisotopic (exact) mass is 369 g/mol. The van der Waals surface area contributed by atoms with Crippen LogP contribution in [0, 0.1) is 5.82 Å². The molecular weight excluding hydrogens is 349 g/mol. The molecule has 140 valence electrons. The summed E-state index contributed by atoms with van der Waals surface area (Å²) in [5, 5.41) is 3.33. The average molecular weight is 369 g/mol. The lowest BCUT2D eigenvalue weighted by molar-refractivity contribution is -0.121. The van der Waals surface area contributed by atoms with Gasteiger partial charge in [0.05, 0.1) is 24.1 Å². The fourth-order valence-electron chi connectivity index (χ4n) is 2.83. The molecule has 27 heavy (non-hydrogen) atoms. The predicted molar refractivity (Wildman–Crippen MR) is 100 cm³/mol. The Balaban J connectivity index is 1.62. The van der Waals surface area contributed by atoms with Crippen molar-refractivity contribution in [1.82, 2.24) is 15.3 Å². The van der Waals surface area contributed by atoms with Gasteiger partial charge in [-0.05, 0) is 36.8 Å². The van der Waals surface area contributed by atoms with Gasteiger partial charge in [-0.15, -0.1) is 0 Å². The molecule has 0 spiro atoms. The van der Waals surface area contributed by atoms with Gasteiger partial charge in [0.1, 0.15) is 5.82 Å². The van der Waals surface area contributed by atoms with Crippen LogP contribution in [0.25, 0.3) is 10.9 Å². The highest BCUT2D eigenvalue weighted by molar-refractivity contribution is 5.78. The van der Waals surface area contributed by atoms with E-state index in [2.05, 4.69) is 15.3 Å². The van der Waals surface area contributed by atoms with Crippen LogP contribution in [0.5, 0.6) is 5.75 Å². The minimum absolute atomic E-state index is 0.156. The second-order valence-electron chi connectivity index (χ2n) is 6.21. The van der Waals surface area contributed by atoms with Gasteiger partial charge in [-0.3, -0.25) is 9.59 Å². The first-order chi connectivity index (χ1) is 13.0. The minimum atomic E-state index is -0.478. The van der Waals surface area contributed by atoms with Crippen LogP contribution < -0.4 is 15.6 Å². The number of carbonyl (C=O) groups is 1. The van der Waals surface area contributed by atoms with Crippen LogP contribution >= 0.6 is 0 Å². The highest BCUT2D eigenvalue weighted by Gasteiger charge is 2.13. The van der Waals surface area contributed by atoms with E-state index in [1.807, 2.05) is 0 Å². The number of aromatic amines is 1. The third-order valence-corrected chi connectivity index (χ3v) is 4.30. The number of hydrogen-bond donors (Lipinski definition) is 2. The van der Waals surface area contributed by atoms with E-state index < -0.39 is 5.82 Å². The van der Waals surface area contributed by atoms with Crippen molar-refractivity contribution in [1.29, 1.82) is 0 Å². The molecule has 7 heteroatoms. The fourth-order valence-corrected chi connectivity index (χ4v) is 2.83. The number of methoxy groups -OCH3 is 1. The zero-order valence-electron chi connectivity index (χ0n) is 15.1. The molecule has 1 heterocycles. The number of carbonyl (C=O) groups excluding carboxylic acids is 1. The molecule has 1 aromatic heterocycles. The van der Waals surface area contributed by atoms with Crippen molar-refractivity contribution in [3.05, 3.63) is 70.0 Å². The molecule has 0 saturated carbocycles. The van der Waals surface area contributed by atoms with Crippen LogP contribution in [0.15, 0.2) is 47.3 Å². The van der Waals surface area contributed by atoms with Crippen LogP contribution in [0.3, 0.4) is 0 Å². The number of ether oxygens (including phenoxy) is 1. The molecule has 0 saturated heterocycles. The summed E-state index contributed by atoms with van der Waals surface area (Å²) in [6.45, 7) is 1.77. The van der Waals surface area contributed by atoms with Crippen molar-refractivity contribution in [2.24, 2.45) is 0 Å². The maximum atomic E-state index is 13.8. The van der Waals surface area contributed by atoms with Crippen molar-refractivity contribution in [3.8, 4) is 5.75 Å². The molecular formula is C20H20FN3O3. The van der Waals surface area contributed by atoms with Gasteiger partial charge >= 0.3 is 0 Å². The molecule has 0 unspecified atom stereocenters. The van der Waals surface area contributed by atoms with Crippen molar-refractivity contribution in [2.75, 3.05) is 7.11 Å². The molecule has 1 amide bonds. The Morgan fingerprint density at radius 3 is 2.81 bits per heavy atom. The fraction of sp³-hybridized carbons (Fsp3) is 0.250. The van der Waals surface area contributed by atoms with E-state index in [0.29, 0.717) is 28.7 Å². The van der Waals surface area contributed by atoms with Gasteiger partial charge in [0, 0.05) is 12.8 Å². The number of aromatic nitrogens is 2. The SMILES string of the molecule is COc1ccc([C@@H](C)NC(=O)CCc2nc3ccccc3c(=O)[nH]2)cc1F. The number of rotatable bonds is 6. The second kappa shape index (κ2) is 7.99. The largest absolute Gasteiger partial charge is 0.494 e. The Hall–Kier alpha value is -3.22. The molecule has 0 radical (unpaired) electrons. The molecule has 0 aliphatic rings. The summed E-state index contributed by atoms with van der Waals surface area (Å²) >= 11 is 0. The van der Waals surface area contributed by atoms with E-state index >= 15 is 0 Å². The van der Waals surface area contributed by atoms with Crippen LogP contribution in [0.4, 0.5) is 4.39 Å². The lowest BCUT2D eigenvalue weighted by Crippen LogP contribution is -2.27. The Kier molecular flexibility index (Phi) is 5.49. The highest BCUT2D eigenvalue weighted by Crippen LogP contribution is 2.21. The normalized spacial score (nSPS) is 12.0. The first-order valence-electron chi connectivity index (χ1n) is 8.58. The van der Waals surface area contributed by atoms with E-state index in [0.717, 1.165) is 0 Å². The number of amides is 1. The highest BCUT2D eigenvalue weighted by atomic mass is 19.1. The van der Waals surface area contributed by atoms with Gasteiger partial charge < -0.3 is 15.0 Å². The number of nitrogens with one attached hydrogen (secondary N) is 2. The van der Waals surface area contributed by atoms with E-state index in [4.69, 9.17) is 4.74 Å². The first-order valence-corrected chi connectivity index (χ1v) is 8.58. The van der Waals surface area contributed by atoms with E-state index in [1.165, 1.54) is 19.2 Å². The summed E-state index contributed by atoms with van der Waals surface area (Å²) < 4.78 is 18.7. The smallest absolute Gasteiger partial charge is 0.258 e. The Morgan fingerprint density at radius 2 is 2.07 bits per heavy atom. The summed E-state index contributed by atoms with van der Waals surface area (Å²) in [6.07, 6.45) is 0.458. The first kappa shape index (κ1) is 18.6. The van der Waals surface area contributed by atoms with Crippen LogP contribution in [-0.4, -0.2) is 23.0 Å². The van der Waals surface area contributed by atoms with Crippen LogP contribution in [0.2, 0.25) is 0 Å². The zero-order valence-corrected chi connectivity index (χ0v) is 15.1. The number of hydrogen-bond acceptors (Lipinski definition) is 4. The topological polar surface area (TPSA) is 84.1 Å². The number of aryl methyl sites for hydroxylation is 1. The number of H-pyrrole nitrogens is 1. The maximum Gasteiger partial charge on any atom is 0.258 e. The summed E-state index contributed by atoms with van der Waals surface area (Å²) in [5.74, 6) is -0.0795. The number of benzene rings is 2. The molecule has 0 aliphatic heterocycles. The van der Waals surface area contributed by atoms with Crippen molar-refractivity contribution >= 4 is 16.8 Å². The Labute approximate surface area is 155 Å². The predicted octanol–water partition coefficient (Wildman–Crippen LogP) is 2.88. The van der Waals surface area contributed by atoms with E-state index in [1.54, 1.807) is 37.3 Å². The Bertz CT molecular complexity index is 1030. The number of fused-ring (bicyclic) bond motifs is 1. The van der Waals surface area contributed by atoms with Gasteiger partial charge in [-0.2, -0.15) is 0 Å². The molecule has 0 bridgehead atoms. The standard InChI is InChI=1S/C20H20FN3O3/c1-12(13-7-8-17(27-2)15(21)11-13)22-19(25)10-9-18-23-16-6-4-3-5-14(16)20(26)24-18/h3-8,11-12H,9-10H2,1-2H3,(H,22,25)(H,23,24,26)/t12-/m1/s1. The zero-order chi connectivity index (χ0) is 19.4. The summed E-state index contributed by atoms with van der Waals surface area (Å²) in [7, 11) is 1.40. The lowest BCUT2D eigenvalue weighted by Gasteiger charge is -2.15. The molecule has 2 aromatic carbocycles. The number of para-hydroxylation sites is 1. The summed E-state index contributed by atoms with van der Waals surface area (Å²) in [4.78, 5) is 31.3. The Morgan fingerprint density at radius 1 is 1.30 bits per heavy atom. The van der Waals surface area contributed by atoms with Crippen LogP contribution in [0.1, 0.15) is 30.8 Å². The third kappa shape index (κ3) is 4.31. The average Bonchev–Trinajstić information content (AvgIpc) is 2.66. The minimum Gasteiger partial charge on any atom is -0.494 e. The summed E-state index contributed by atoms with van der Waals surface area (Å²) in [5.41, 5.74) is 1.01. The van der Waals surface area contributed by atoms with Gasteiger partial charge in [0.25, 0.3) is 5.56 Å². The van der Waals surface area contributed by atoms with E-state index in [-0.39, 0.29) is 29.7 Å². The molecule has 3 aromatic rings. The van der Waals surface area contributed by atoms with Gasteiger partial charge in [0.2, 0.25) is 5.91 Å². The number of halogens is 1. The lowest BCUT2D eigenvalue weighted by atomic mass is 10.1. The quantitative estimate of drug-likeness (QED) is 0.700. The van der Waals surface area contributed by atoms with Gasteiger partial charge in [-0.25, -0.2) is 9.37 Å². The van der Waals surface area contributed by atoms with Gasteiger partial charge in [-0.1, -0.05) is 18.2 Å². The molecule has 3 rings (SSSR count). The van der Waals surface area contributed by atoms with Crippen LogP contribution in [-0.2, 0) is 11.2 Å². The molecule has 6 nitrogen and oxygen atoms in total. The molecule has 0 fully saturated rings. The molecule has 0 aliphatic carbocycles. The molecule has 2 N–H and O–H groups in total. The van der Waals surface area contributed by atoms with Crippen molar-refractivity contribution in [3.63, 3.8) is 0 Å². The third-order valence-electron chi connectivity index (χ3n) is 4.30. The van der Waals surface area contributed by atoms with Crippen molar-refractivity contribution in [2.45, 2.75) is 25.8 Å². The second-order valence-corrected chi connectivity index (χ2v) is 6.21. The summed E-state index contributed by atoms with van der Waals surface area (Å²) in [6, 6.07) is 11.2. The number of nitrogens with zero attached hydrogens (tertiary/aromatic N) is 1.